The fraction of sp³-hybridized carbons (Fsp3) is 0.895. The fourth-order valence-electron chi connectivity index (χ4n) is 3.76. The number of nitrogens with zero attached hydrogens (tertiary/aromatic N) is 1. The van der Waals surface area contributed by atoms with Gasteiger partial charge in [-0.3, -0.25) is 9.59 Å². The Labute approximate surface area is 147 Å². The maximum absolute atomic E-state index is 12.5. The van der Waals surface area contributed by atoms with Crippen LogP contribution in [0.1, 0.15) is 65.7 Å². The van der Waals surface area contributed by atoms with Gasteiger partial charge < -0.3 is 15.1 Å². The van der Waals surface area contributed by atoms with Gasteiger partial charge in [-0.2, -0.15) is 0 Å². The van der Waals surface area contributed by atoms with Gasteiger partial charge in [0.1, 0.15) is 0 Å². The van der Waals surface area contributed by atoms with Crippen molar-refractivity contribution in [2.75, 3.05) is 26.7 Å². The van der Waals surface area contributed by atoms with E-state index in [2.05, 4.69) is 5.32 Å². The van der Waals surface area contributed by atoms with Crippen molar-refractivity contribution in [1.82, 2.24) is 10.2 Å². The largest absolute Gasteiger partial charge is 0.352 e. The molecule has 5 heteroatoms. The van der Waals surface area contributed by atoms with E-state index in [4.69, 9.17) is 0 Å². The molecule has 1 aliphatic carbocycles. The average molecular weight is 339 g/mol. The normalized spacial score (nSPS) is 26.0. The third kappa shape index (κ3) is 5.47. The Hall–Kier alpha value is -1.10. The predicted octanol–water partition coefficient (Wildman–Crippen LogP) is 0.987. The summed E-state index contributed by atoms with van der Waals surface area (Å²) in [4.78, 5) is 28.0. The van der Waals surface area contributed by atoms with Crippen LogP contribution in [0.2, 0.25) is 0 Å². The van der Waals surface area contributed by atoms with Gasteiger partial charge in [0.05, 0.1) is 13.1 Å². The second-order valence-corrected chi connectivity index (χ2v) is 8.72. The van der Waals surface area contributed by atoms with E-state index in [9.17, 15) is 9.59 Å². The van der Waals surface area contributed by atoms with Gasteiger partial charge in [-0.1, -0.05) is 40.0 Å². The standard InChI is InChI=1S/C19H35N3O2/c1-19(2,3)18(24)20-15-10-12-22(13-11-15)14-17(23)21(4)16-8-6-5-7-9-16/h15-16H,5-14H2,1-4H3,(H,20,24)/p+1. The van der Waals surface area contributed by atoms with Crippen molar-refractivity contribution in [3.63, 3.8) is 0 Å². The van der Waals surface area contributed by atoms with Gasteiger partial charge in [-0.25, -0.2) is 0 Å². The molecule has 0 aromatic carbocycles. The molecule has 1 heterocycles. The van der Waals surface area contributed by atoms with Crippen LogP contribution in [0.3, 0.4) is 0 Å². The van der Waals surface area contributed by atoms with Crippen LogP contribution >= 0.6 is 0 Å². The highest BCUT2D eigenvalue weighted by atomic mass is 16.2. The summed E-state index contributed by atoms with van der Waals surface area (Å²) < 4.78 is 0. The molecule has 2 amide bonds. The van der Waals surface area contributed by atoms with Gasteiger partial charge in [0.2, 0.25) is 5.91 Å². The van der Waals surface area contributed by atoms with Crippen LogP contribution in [0.4, 0.5) is 0 Å². The molecule has 0 aromatic heterocycles. The second-order valence-electron chi connectivity index (χ2n) is 8.72. The Balaban J connectivity index is 1.72. The first kappa shape index (κ1) is 19.2. The minimum atomic E-state index is -0.331. The molecule has 0 radical (unpaired) electrons. The number of hydrogen-bond donors (Lipinski definition) is 2. The first-order chi connectivity index (χ1) is 11.3. The zero-order chi connectivity index (χ0) is 17.7. The van der Waals surface area contributed by atoms with Crippen LogP contribution in [0.25, 0.3) is 0 Å². The van der Waals surface area contributed by atoms with Crippen molar-refractivity contribution >= 4 is 11.8 Å². The quantitative estimate of drug-likeness (QED) is 0.803. The summed E-state index contributed by atoms with van der Waals surface area (Å²) in [6, 6.07) is 0.723. The Morgan fingerprint density at radius 2 is 1.62 bits per heavy atom. The molecule has 0 spiro atoms. The minimum Gasteiger partial charge on any atom is -0.352 e. The molecule has 0 bridgehead atoms. The lowest BCUT2D eigenvalue weighted by Crippen LogP contribution is -3.14. The van der Waals surface area contributed by atoms with Crippen LogP contribution in [-0.2, 0) is 9.59 Å². The second kappa shape index (κ2) is 8.32. The molecule has 1 aliphatic heterocycles. The van der Waals surface area contributed by atoms with E-state index in [-0.39, 0.29) is 23.3 Å². The third-order valence-electron chi connectivity index (χ3n) is 5.63. The van der Waals surface area contributed by atoms with Gasteiger partial charge in [0.15, 0.2) is 6.54 Å². The van der Waals surface area contributed by atoms with E-state index in [0.717, 1.165) is 25.9 Å². The van der Waals surface area contributed by atoms with E-state index in [0.29, 0.717) is 12.6 Å². The fourth-order valence-corrected chi connectivity index (χ4v) is 3.76. The van der Waals surface area contributed by atoms with Crippen molar-refractivity contribution < 1.29 is 14.5 Å². The number of nitrogens with one attached hydrogen (secondary N) is 2. The summed E-state index contributed by atoms with van der Waals surface area (Å²) in [6.45, 7) is 8.39. The summed E-state index contributed by atoms with van der Waals surface area (Å²) in [5, 5.41) is 3.16. The molecule has 1 saturated carbocycles. The van der Waals surface area contributed by atoms with Crippen LogP contribution in [0, 0.1) is 5.41 Å². The first-order valence-electron chi connectivity index (χ1n) is 9.67. The number of likely N-dealkylation sites (tertiary alicyclic amines) is 1. The molecule has 2 aliphatic rings. The maximum Gasteiger partial charge on any atom is 0.277 e. The summed E-state index contributed by atoms with van der Waals surface area (Å²) in [6.07, 6.45) is 8.10. The molecular formula is C19H36N3O2+. The van der Waals surface area contributed by atoms with Crippen LogP contribution < -0.4 is 10.2 Å². The zero-order valence-electron chi connectivity index (χ0n) is 16.0. The molecule has 2 N–H and O–H groups in total. The van der Waals surface area contributed by atoms with Crippen LogP contribution in [0.5, 0.6) is 0 Å². The number of likely N-dealkylation sites (N-methyl/N-ethyl adjacent to an activating group) is 1. The van der Waals surface area contributed by atoms with E-state index in [1.165, 1.54) is 37.0 Å². The van der Waals surface area contributed by atoms with Gasteiger partial charge >= 0.3 is 0 Å². The zero-order valence-corrected chi connectivity index (χ0v) is 16.0. The number of rotatable bonds is 4. The average Bonchev–Trinajstić information content (AvgIpc) is 2.55. The summed E-state index contributed by atoms with van der Waals surface area (Å²) >= 11 is 0. The van der Waals surface area contributed by atoms with Crippen molar-refractivity contribution in [2.45, 2.75) is 77.8 Å². The third-order valence-corrected chi connectivity index (χ3v) is 5.63. The highest BCUT2D eigenvalue weighted by Crippen LogP contribution is 2.21. The Morgan fingerprint density at radius 3 is 2.17 bits per heavy atom. The van der Waals surface area contributed by atoms with Crippen LogP contribution in [-0.4, -0.2) is 55.5 Å². The van der Waals surface area contributed by atoms with E-state index >= 15 is 0 Å². The number of amides is 2. The molecule has 0 aromatic rings. The molecule has 2 rings (SSSR count). The number of carbonyl (C=O) groups excluding carboxylic acids is 2. The topological polar surface area (TPSA) is 53.9 Å². The van der Waals surface area contributed by atoms with Gasteiger partial charge in [-0.15, -0.1) is 0 Å². The van der Waals surface area contributed by atoms with Gasteiger partial charge in [0.25, 0.3) is 5.91 Å². The summed E-state index contributed by atoms with van der Waals surface area (Å²) in [5.41, 5.74) is -0.331. The van der Waals surface area contributed by atoms with E-state index in [1.807, 2.05) is 32.7 Å². The molecule has 5 nitrogen and oxygen atoms in total. The number of hydrogen-bond acceptors (Lipinski definition) is 2. The Bertz CT molecular complexity index is 430. The number of piperidine rings is 1. The maximum atomic E-state index is 12.5. The number of quaternary nitrogens is 1. The lowest BCUT2D eigenvalue weighted by molar-refractivity contribution is -0.897. The smallest absolute Gasteiger partial charge is 0.277 e. The molecule has 24 heavy (non-hydrogen) atoms. The Morgan fingerprint density at radius 1 is 1.04 bits per heavy atom. The molecule has 1 saturated heterocycles. The number of carbonyl (C=O) groups is 2. The Kier molecular flexibility index (Phi) is 6.67. The molecular weight excluding hydrogens is 302 g/mol. The molecule has 2 fully saturated rings. The van der Waals surface area contributed by atoms with Crippen molar-refractivity contribution in [2.24, 2.45) is 5.41 Å². The molecule has 0 unspecified atom stereocenters. The van der Waals surface area contributed by atoms with E-state index < -0.39 is 0 Å². The van der Waals surface area contributed by atoms with E-state index in [1.54, 1.807) is 0 Å². The van der Waals surface area contributed by atoms with Crippen molar-refractivity contribution in [1.29, 1.82) is 0 Å². The lowest BCUT2D eigenvalue weighted by atomic mass is 9.94. The monoisotopic (exact) mass is 338 g/mol. The van der Waals surface area contributed by atoms with Crippen molar-refractivity contribution in [3.05, 3.63) is 0 Å². The minimum absolute atomic E-state index is 0.129. The lowest BCUT2D eigenvalue weighted by Gasteiger charge is -2.34. The molecule has 0 atom stereocenters. The van der Waals surface area contributed by atoms with Gasteiger partial charge in [-0.05, 0) is 12.8 Å². The van der Waals surface area contributed by atoms with Crippen LogP contribution in [0.15, 0.2) is 0 Å². The SMILES string of the molecule is CN(C(=O)C[NH+]1CCC(NC(=O)C(C)(C)C)CC1)C1CCCCC1. The van der Waals surface area contributed by atoms with Crippen molar-refractivity contribution in [3.8, 4) is 0 Å². The predicted molar refractivity (Wildman–Crippen MR) is 95.8 cm³/mol. The first-order valence-corrected chi connectivity index (χ1v) is 9.67. The summed E-state index contributed by atoms with van der Waals surface area (Å²) in [5.74, 6) is 0.415. The summed E-state index contributed by atoms with van der Waals surface area (Å²) in [7, 11) is 1.98. The van der Waals surface area contributed by atoms with Gasteiger partial charge in [0, 0.05) is 37.4 Å². The highest BCUT2D eigenvalue weighted by Gasteiger charge is 2.30. The molecule has 138 valence electrons. The highest BCUT2D eigenvalue weighted by molar-refractivity contribution is 5.81.